The van der Waals surface area contributed by atoms with Gasteiger partial charge < -0.3 is 10.6 Å². The lowest BCUT2D eigenvalue weighted by atomic mass is 10.2. The second kappa shape index (κ2) is 8.01. The molecule has 0 fully saturated rings. The van der Waals surface area contributed by atoms with Gasteiger partial charge in [0.25, 0.3) is 0 Å². The number of nitrogens with zero attached hydrogens (tertiary/aromatic N) is 2. The van der Waals surface area contributed by atoms with Crippen LogP contribution in [0.2, 0.25) is 0 Å². The van der Waals surface area contributed by atoms with Gasteiger partial charge in [0.15, 0.2) is 0 Å². The van der Waals surface area contributed by atoms with Gasteiger partial charge in [0.2, 0.25) is 5.91 Å². The fourth-order valence-electron chi connectivity index (χ4n) is 1.73. The third-order valence-electron chi connectivity index (χ3n) is 2.82. The minimum Gasteiger partial charge on any atom is -0.352 e. The Kier molecular flexibility index (Phi) is 5.67. The first-order valence-electron chi connectivity index (χ1n) is 6.60. The fourth-order valence-corrected chi connectivity index (χ4v) is 1.73. The predicted molar refractivity (Wildman–Crippen MR) is 76.6 cm³/mol. The van der Waals surface area contributed by atoms with E-state index in [0.29, 0.717) is 19.5 Å². The number of hydrogen-bond acceptors (Lipinski definition) is 4. The van der Waals surface area contributed by atoms with Gasteiger partial charge in [-0.25, -0.2) is 0 Å². The summed E-state index contributed by atoms with van der Waals surface area (Å²) in [6.07, 6.45) is 7.46. The Morgan fingerprint density at radius 1 is 1.00 bits per heavy atom. The van der Waals surface area contributed by atoms with Crippen LogP contribution in [-0.4, -0.2) is 22.4 Å². The maximum atomic E-state index is 11.6. The van der Waals surface area contributed by atoms with Gasteiger partial charge in [-0.15, -0.1) is 0 Å². The topological polar surface area (TPSA) is 66.9 Å². The average Bonchev–Trinajstić information content (AvgIpc) is 2.52. The molecule has 5 nitrogen and oxygen atoms in total. The lowest BCUT2D eigenvalue weighted by Gasteiger charge is -2.06. The summed E-state index contributed by atoms with van der Waals surface area (Å²) in [7, 11) is 0. The molecule has 0 spiro atoms. The molecule has 2 aromatic rings. The number of hydrogen-bond donors (Lipinski definition) is 2. The second-order valence-corrected chi connectivity index (χ2v) is 4.42. The fraction of sp³-hybridized carbons (Fsp3) is 0.267. The molecule has 2 rings (SSSR count). The zero-order valence-corrected chi connectivity index (χ0v) is 11.2. The molecular formula is C15H18N4O. The molecule has 0 saturated carbocycles. The van der Waals surface area contributed by atoms with Crippen LogP contribution in [0.3, 0.4) is 0 Å². The van der Waals surface area contributed by atoms with Crippen LogP contribution in [0.15, 0.2) is 49.1 Å². The molecule has 2 N–H and O–H groups in total. The normalized spacial score (nSPS) is 10.2. The third kappa shape index (κ3) is 5.16. The number of amides is 1. The van der Waals surface area contributed by atoms with Crippen LogP contribution < -0.4 is 10.6 Å². The molecule has 0 atom stereocenters. The molecule has 0 saturated heterocycles. The van der Waals surface area contributed by atoms with Crippen LogP contribution in [0.1, 0.15) is 17.5 Å². The minimum atomic E-state index is 0.0380. The van der Waals surface area contributed by atoms with Crippen LogP contribution in [-0.2, 0) is 17.9 Å². The van der Waals surface area contributed by atoms with Crippen molar-refractivity contribution in [3.05, 3.63) is 60.2 Å². The highest BCUT2D eigenvalue weighted by atomic mass is 16.1. The van der Waals surface area contributed by atoms with Gasteiger partial charge in [0.1, 0.15) is 0 Å². The summed E-state index contributed by atoms with van der Waals surface area (Å²) in [5.74, 6) is 0.0380. The van der Waals surface area contributed by atoms with E-state index in [9.17, 15) is 4.79 Å². The Hall–Kier alpha value is -2.27. The van der Waals surface area contributed by atoms with E-state index in [1.165, 1.54) is 0 Å². The van der Waals surface area contributed by atoms with Crippen molar-refractivity contribution in [3.63, 3.8) is 0 Å². The van der Waals surface area contributed by atoms with E-state index in [4.69, 9.17) is 0 Å². The molecular weight excluding hydrogens is 252 g/mol. The first kappa shape index (κ1) is 14.1. The summed E-state index contributed by atoms with van der Waals surface area (Å²) >= 11 is 0. The van der Waals surface area contributed by atoms with Crippen LogP contribution in [0.4, 0.5) is 0 Å². The highest BCUT2D eigenvalue weighted by molar-refractivity contribution is 5.76. The summed E-state index contributed by atoms with van der Waals surface area (Å²) < 4.78 is 0. The highest BCUT2D eigenvalue weighted by Gasteiger charge is 2.01. The van der Waals surface area contributed by atoms with Gasteiger partial charge in [-0.3, -0.25) is 14.8 Å². The Morgan fingerprint density at radius 2 is 1.85 bits per heavy atom. The molecule has 0 aliphatic rings. The van der Waals surface area contributed by atoms with E-state index in [2.05, 4.69) is 20.6 Å². The summed E-state index contributed by atoms with van der Waals surface area (Å²) in [5.41, 5.74) is 2.17. The first-order chi connectivity index (χ1) is 9.84. The SMILES string of the molecule is O=C(CCNCc1ccncc1)NCc1cccnc1. The number of rotatable bonds is 7. The van der Waals surface area contributed by atoms with Gasteiger partial charge in [-0.2, -0.15) is 0 Å². The van der Waals surface area contributed by atoms with Crippen molar-refractivity contribution in [2.45, 2.75) is 19.5 Å². The lowest BCUT2D eigenvalue weighted by Crippen LogP contribution is -2.27. The molecule has 20 heavy (non-hydrogen) atoms. The Morgan fingerprint density at radius 3 is 2.60 bits per heavy atom. The van der Waals surface area contributed by atoms with E-state index in [1.807, 2.05) is 24.3 Å². The van der Waals surface area contributed by atoms with Gasteiger partial charge in [-0.05, 0) is 29.3 Å². The average molecular weight is 270 g/mol. The van der Waals surface area contributed by atoms with Crippen molar-refractivity contribution in [2.75, 3.05) is 6.54 Å². The lowest BCUT2D eigenvalue weighted by molar-refractivity contribution is -0.121. The first-order valence-corrected chi connectivity index (χ1v) is 6.60. The maximum Gasteiger partial charge on any atom is 0.221 e. The van der Waals surface area contributed by atoms with Crippen molar-refractivity contribution < 1.29 is 4.79 Å². The van der Waals surface area contributed by atoms with Crippen LogP contribution in [0, 0.1) is 0 Å². The monoisotopic (exact) mass is 270 g/mol. The molecule has 2 aromatic heterocycles. The number of pyridine rings is 2. The van der Waals surface area contributed by atoms with Gasteiger partial charge in [0, 0.05) is 50.8 Å². The molecule has 2 heterocycles. The van der Waals surface area contributed by atoms with Gasteiger partial charge in [0.05, 0.1) is 0 Å². The Bertz CT molecular complexity index is 516. The third-order valence-corrected chi connectivity index (χ3v) is 2.82. The number of carbonyl (C=O) groups excluding carboxylic acids is 1. The zero-order valence-electron chi connectivity index (χ0n) is 11.2. The van der Waals surface area contributed by atoms with Crippen LogP contribution in [0.5, 0.6) is 0 Å². The number of carbonyl (C=O) groups is 1. The molecule has 104 valence electrons. The molecule has 0 aromatic carbocycles. The largest absolute Gasteiger partial charge is 0.352 e. The minimum absolute atomic E-state index is 0.0380. The standard InChI is InChI=1S/C15H18N4O/c20-15(19-12-14-2-1-6-17-11-14)5-9-18-10-13-3-7-16-8-4-13/h1-4,6-8,11,18H,5,9-10,12H2,(H,19,20). The van der Waals surface area contributed by atoms with Gasteiger partial charge in [-0.1, -0.05) is 6.07 Å². The summed E-state index contributed by atoms with van der Waals surface area (Å²) in [6.45, 7) is 1.93. The molecule has 5 heteroatoms. The van der Waals surface area contributed by atoms with Crippen molar-refractivity contribution in [1.29, 1.82) is 0 Å². The van der Waals surface area contributed by atoms with E-state index >= 15 is 0 Å². The molecule has 0 bridgehead atoms. The van der Waals surface area contributed by atoms with Crippen LogP contribution in [0.25, 0.3) is 0 Å². The summed E-state index contributed by atoms with van der Waals surface area (Å²) in [4.78, 5) is 19.6. The summed E-state index contributed by atoms with van der Waals surface area (Å²) in [6, 6.07) is 7.71. The van der Waals surface area contributed by atoms with E-state index in [1.54, 1.807) is 24.8 Å². The van der Waals surface area contributed by atoms with Crippen LogP contribution >= 0.6 is 0 Å². The highest BCUT2D eigenvalue weighted by Crippen LogP contribution is 1.96. The van der Waals surface area contributed by atoms with E-state index in [-0.39, 0.29) is 5.91 Å². The van der Waals surface area contributed by atoms with Crippen molar-refractivity contribution >= 4 is 5.91 Å². The van der Waals surface area contributed by atoms with E-state index < -0.39 is 0 Å². The Labute approximate surface area is 118 Å². The predicted octanol–water partition coefficient (Wildman–Crippen LogP) is 1.27. The second-order valence-electron chi connectivity index (χ2n) is 4.42. The Balaban J connectivity index is 1.59. The number of nitrogens with one attached hydrogen (secondary N) is 2. The zero-order chi connectivity index (χ0) is 14.0. The molecule has 0 aliphatic carbocycles. The van der Waals surface area contributed by atoms with Crippen molar-refractivity contribution in [3.8, 4) is 0 Å². The quantitative estimate of drug-likeness (QED) is 0.744. The van der Waals surface area contributed by atoms with Crippen molar-refractivity contribution in [2.24, 2.45) is 0 Å². The van der Waals surface area contributed by atoms with E-state index in [0.717, 1.165) is 17.7 Å². The molecule has 0 aliphatic heterocycles. The molecule has 0 radical (unpaired) electrons. The summed E-state index contributed by atoms with van der Waals surface area (Å²) in [5, 5.41) is 6.10. The number of aromatic nitrogens is 2. The molecule has 0 unspecified atom stereocenters. The molecule has 1 amide bonds. The smallest absolute Gasteiger partial charge is 0.221 e. The maximum absolute atomic E-state index is 11.6. The van der Waals surface area contributed by atoms with Crippen molar-refractivity contribution in [1.82, 2.24) is 20.6 Å². The van der Waals surface area contributed by atoms with Gasteiger partial charge >= 0.3 is 0 Å².